The molecule has 0 amide bonds. The highest BCUT2D eigenvalue weighted by Crippen LogP contribution is 2.26. The minimum absolute atomic E-state index is 0.561. The van der Waals surface area contributed by atoms with E-state index in [9.17, 15) is 0 Å². The summed E-state index contributed by atoms with van der Waals surface area (Å²) in [4.78, 5) is 2.75. The highest BCUT2D eigenvalue weighted by Gasteiger charge is 2.05. The largest absolute Gasteiger partial charge is 0.311 e. The molecule has 108 valence electrons. The van der Waals surface area contributed by atoms with Gasteiger partial charge in [0.15, 0.2) is 0 Å². The zero-order chi connectivity index (χ0) is 14.5. The summed E-state index contributed by atoms with van der Waals surface area (Å²) >= 11 is 3.75. The molecule has 0 bridgehead atoms. The molecule has 0 aliphatic carbocycles. The monoisotopic (exact) mass is 313 g/mol. The lowest BCUT2D eigenvalue weighted by Crippen LogP contribution is -2.21. The third-order valence-corrected chi connectivity index (χ3v) is 5.34. The number of benzene rings is 2. The lowest BCUT2D eigenvalue weighted by Gasteiger charge is -2.12. The Morgan fingerprint density at radius 1 is 1.05 bits per heavy atom. The lowest BCUT2D eigenvalue weighted by atomic mass is 10.1. The number of thiophene rings is 1. The van der Waals surface area contributed by atoms with Gasteiger partial charge in [0.25, 0.3) is 0 Å². The topological polar surface area (TPSA) is 12.0 Å². The zero-order valence-electron chi connectivity index (χ0n) is 12.1. The van der Waals surface area contributed by atoms with Gasteiger partial charge in [0.1, 0.15) is 0 Å². The summed E-state index contributed by atoms with van der Waals surface area (Å²) in [5.41, 5.74) is 0. The average Bonchev–Trinajstić information content (AvgIpc) is 3.00. The minimum Gasteiger partial charge on any atom is -0.311 e. The van der Waals surface area contributed by atoms with E-state index in [1.54, 1.807) is 0 Å². The molecule has 1 unspecified atom stereocenters. The molecular weight excluding hydrogens is 294 g/mol. The van der Waals surface area contributed by atoms with Gasteiger partial charge in [0, 0.05) is 28.1 Å². The molecule has 2 aromatic carbocycles. The van der Waals surface area contributed by atoms with Crippen LogP contribution in [0.1, 0.15) is 11.8 Å². The summed E-state index contributed by atoms with van der Waals surface area (Å²) < 4.78 is 0. The van der Waals surface area contributed by atoms with Crippen LogP contribution in [0, 0.1) is 0 Å². The fourth-order valence-electron chi connectivity index (χ4n) is 2.33. The van der Waals surface area contributed by atoms with E-state index in [2.05, 4.69) is 72.2 Å². The van der Waals surface area contributed by atoms with Crippen LogP contribution in [0.5, 0.6) is 0 Å². The SMILES string of the molecule is CC(CNCc1cccs1)Sc1ccc2ccccc2c1. The Morgan fingerprint density at radius 2 is 1.90 bits per heavy atom. The van der Waals surface area contributed by atoms with Crippen LogP contribution in [0.3, 0.4) is 0 Å². The molecule has 0 aliphatic rings. The molecule has 0 saturated heterocycles. The second-order valence-electron chi connectivity index (χ2n) is 5.15. The van der Waals surface area contributed by atoms with Crippen molar-refractivity contribution in [1.29, 1.82) is 0 Å². The van der Waals surface area contributed by atoms with Gasteiger partial charge in [-0.05, 0) is 34.4 Å². The summed E-state index contributed by atoms with van der Waals surface area (Å²) in [6, 6.07) is 19.5. The first-order valence-electron chi connectivity index (χ1n) is 7.20. The number of rotatable bonds is 6. The van der Waals surface area contributed by atoms with Crippen molar-refractivity contribution in [3.63, 3.8) is 0 Å². The average molecular weight is 313 g/mol. The summed E-state index contributed by atoms with van der Waals surface area (Å²) in [7, 11) is 0. The first kappa shape index (κ1) is 14.6. The van der Waals surface area contributed by atoms with Crippen molar-refractivity contribution in [2.24, 2.45) is 0 Å². The molecule has 1 N–H and O–H groups in total. The molecule has 1 aromatic heterocycles. The van der Waals surface area contributed by atoms with E-state index in [4.69, 9.17) is 0 Å². The Balaban J connectivity index is 1.54. The molecule has 1 atom stereocenters. The van der Waals surface area contributed by atoms with Gasteiger partial charge >= 0.3 is 0 Å². The van der Waals surface area contributed by atoms with Gasteiger partial charge in [-0.3, -0.25) is 0 Å². The number of nitrogens with one attached hydrogen (secondary N) is 1. The molecule has 0 radical (unpaired) electrons. The highest BCUT2D eigenvalue weighted by atomic mass is 32.2. The van der Waals surface area contributed by atoms with E-state index in [1.807, 2.05) is 23.1 Å². The quantitative estimate of drug-likeness (QED) is 0.630. The standard InChI is InChI=1S/C18H19NS2/c1-14(12-19-13-18-7-4-10-20-18)21-17-9-8-15-5-2-3-6-16(15)11-17/h2-11,14,19H,12-13H2,1H3. The lowest BCUT2D eigenvalue weighted by molar-refractivity contribution is 0.690. The first-order valence-corrected chi connectivity index (χ1v) is 8.96. The molecule has 3 aromatic rings. The van der Waals surface area contributed by atoms with E-state index < -0.39 is 0 Å². The van der Waals surface area contributed by atoms with Crippen LogP contribution in [0.2, 0.25) is 0 Å². The Labute approximate surface area is 134 Å². The van der Waals surface area contributed by atoms with E-state index in [0.717, 1.165) is 13.1 Å². The van der Waals surface area contributed by atoms with E-state index in [1.165, 1.54) is 20.5 Å². The maximum absolute atomic E-state index is 3.53. The van der Waals surface area contributed by atoms with Crippen molar-refractivity contribution < 1.29 is 0 Å². The predicted octanol–water partition coefficient (Wildman–Crippen LogP) is 5.17. The number of thioether (sulfide) groups is 1. The Hall–Kier alpha value is -1.29. The van der Waals surface area contributed by atoms with Crippen molar-refractivity contribution >= 4 is 33.9 Å². The molecule has 0 fully saturated rings. The van der Waals surface area contributed by atoms with Crippen LogP contribution in [0.4, 0.5) is 0 Å². The summed E-state index contributed by atoms with van der Waals surface area (Å²) in [5, 5.41) is 8.86. The summed E-state index contributed by atoms with van der Waals surface area (Å²) in [6.45, 7) is 4.27. The third-order valence-electron chi connectivity index (χ3n) is 3.37. The maximum atomic E-state index is 3.53. The Bertz CT molecular complexity index is 691. The van der Waals surface area contributed by atoms with Gasteiger partial charge in [0.05, 0.1) is 0 Å². The highest BCUT2D eigenvalue weighted by molar-refractivity contribution is 8.00. The van der Waals surface area contributed by atoms with Crippen molar-refractivity contribution in [3.05, 3.63) is 64.9 Å². The van der Waals surface area contributed by atoms with Gasteiger partial charge in [-0.2, -0.15) is 0 Å². The van der Waals surface area contributed by atoms with E-state index in [0.29, 0.717) is 5.25 Å². The normalized spacial score (nSPS) is 12.6. The van der Waals surface area contributed by atoms with E-state index >= 15 is 0 Å². The van der Waals surface area contributed by atoms with Gasteiger partial charge in [-0.25, -0.2) is 0 Å². The van der Waals surface area contributed by atoms with Crippen molar-refractivity contribution in [1.82, 2.24) is 5.32 Å². The van der Waals surface area contributed by atoms with Crippen LogP contribution in [0.15, 0.2) is 64.9 Å². The third kappa shape index (κ3) is 4.10. The van der Waals surface area contributed by atoms with Gasteiger partial charge in [-0.1, -0.05) is 43.3 Å². The van der Waals surface area contributed by atoms with Crippen molar-refractivity contribution in [3.8, 4) is 0 Å². The molecule has 21 heavy (non-hydrogen) atoms. The first-order chi connectivity index (χ1) is 10.3. The van der Waals surface area contributed by atoms with Gasteiger partial charge in [-0.15, -0.1) is 23.1 Å². The Kier molecular flexibility index (Phi) is 4.96. The molecule has 3 rings (SSSR count). The molecule has 0 saturated carbocycles. The second kappa shape index (κ2) is 7.12. The van der Waals surface area contributed by atoms with Crippen molar-refractivity contribution in [2.45, 2.75) is 23.6 Å². The van der Waals surface area contributed by atoms with Crippen LogP contribution >= 0.6 is 23.1 Å². The molecule has 1 heterocycles. The number of fused-ring (bicyclic) bond motifs is 1. The number of hydrogen-bond acceptors (Lipinski definition) is 3. The molecular formula is C18H19NS2. The van der Waals surface area contributed by atoms with Crippen LogP contribution < -0.4 is 5.32 Å². The number of hydrogen-bond donors (Lipinski definition) is 1. The molecule has 0 aliphatic heterocycles. The van der Waals surface area contributed by atoms with Crippen molar-refractivity contribution in [2.75, 3.05) is 6.54 Å². The predicted molar refractivity (Wildman–Crippen MR) is 95.3 cm³/mol. The Morgan fingerprint density at radius 3 is 2.71 bits per heavy atom. The van der Waals surface area contributed by atoms with Crippen LogP contribution in [-0.2, 0) is 6.54 Å². The molecule has 1 nitrogen and oxygen atoms in total. The van der Waals surface area contributed by atoms with Gasteiger partial charge in [0.2, 0.25) is 0 Å². The molecule has 3 heteroatoms. The molecule has 0 spiro atoms. The fraction of sp³-hybridized carbons (Fsp3) is 0.222. The van der Waals surface area contributed by atoms with Gasteiger partial charge < -0.3 is 5.32 Å². The smallest absolute Gasteiger partial charge is 0.0300 e. The summed E-state index contributed by atoms with van der Waals surface area (Å²) in [6.07, 6.45) is 0. The van der Waals surface area contributed by atoms with Crippen LogP contribution in [0.25, 0.3) is 10.8 Å². The van der Waals surface area contributed by atoms with E-state index in [-0.39, 0.29) is 0 Å². The van der Waals surface area contributed by atoms with Crippen LogP contribution in [-0.4, -0.2) is 11.8 Å². The second-order valence-corrected chi connectivity index (χ2v) is 7.69. The fourth-order valence-corrected chi connectivity index (χ4v) is 4.01. The zero-order valence-corrected chi connectivity index (χ0v) is 13.7. The maximum Gasteiger partial charge on any atom is 0.0300 e. The summed E-state index contributed by atoms with van der Waals surface area (Å²) in [5.74, 6) is 0. The minimum atomic E-state index is 0.561.